The van der Waals surface area contributed by atoms with Crippen molar-refractivity contribution in [2.24, 2.45) is 0 Å². The molecular weight excluding hydrogens is 722 g/mol. The molecule has 0 saturated heterocycles. The lowest BCUT2D eigenvalue weighted by atomic mass is 9.74. The Kier molecular flexibility index (Phi) is 7.58. The first-order chi connectivity index (χ1) is 12.2. The highest BCUT2D eigenvalue weighted by atomic mass is 79.9. The minimum absolute atomic E-state index is 0.0680. The topological polar surface area (TPSA) is 18.5 Å². The van der Waals surface area contributed by atoms with Gasteiger partial charge in [0.05, 0.1) is 0 Å². The monoisotopic (exact) mass is 728 g/mol. The van der Waals surface area contributed by atoms with E-state index < -0.39 is 48.6 Å². The van der Waals surface area contributed by atoms with E-state index in [2.05, 4.69) is 75.9 Å². The van der Waals surface area contributed by atoms with Gasteiger partial charge in [0.1, 0.15) is 5.75 Å². The summed E-state index contributed by atoms with van der Waals surface area (Å²) in [5, 5.41) is 0. The molecule has 0 radical (unpaired) electrons. The van der Waals surface area contributed by atoms with E-state index in [4.69, 9.17) is 8.53 Å². The first-order valence-electron chi connectivity index (χ1n) is 7.37. The van der Waals surface area contributed by atoms with E-state index in [1.807, 2.05) is 0 Å². The molecule has 152 valence electrons. The summed E-state index contributed by atoms with van der Waals surface area (Å²) in [6.45, 7) is 1.26. The number of alkyl halides is 8. The predicted molar refractivity (Wildman–Crippen MR) is 112 cm³/mol. The third-order valence-corrected chi connectivity index (χ3v) is 10.4. The average molecular weight is 733 g/mol. The van der Waals surface area contributed by atoms with Crippen LogP contribution in [0, 0.1) is 0 Å². The van der Waals surface area contributed by atoms with Gasteiger partial charge in [-0.05, 0) is 66.3 Å². The minimum atomic E-state index is -3.96. The lowest BCUT2D eigenvalue weighted by molar-refractivity contribution is -0.298. The molecule has 13 heteroatoms. The van der Waals surface area contributed by atoms with Crippen molar-refractivity contribution in [2.45, 2.75) is 44.7 Å². The van der Waals surface area contributed by atoms with Crippen LogP contribution in [-0.4, -0.2) is 42.2 Å². The van der Waals surface area contributed by atoms with Crippen LogP contribution < -0.4 is 4.74 Å². The van der Waals surface area contributed by atoms with Gasteiger partial charge >= 0.3 is 10.8 Å². The SMILES string of the molecule is CCC1(Oc2ccccc2)C(F)C(F)([O][Al]([Br])[Br])C(F)(Br)C(F)(Br)C1(F)Br. The summed E-state index contributed by atoms with van der Waals surface area (Å²) < 4.78 is 76.4. The molecule has 2 nitrogen and oxygen atoms in total. The van der Waals surface area contributed by atoms with Crippen LogP contribution >= 0.6 is 75.9 Å². The molecule has 0 aliphatic heterocycles. The van der Waals surface area contributed by atoms with E-state index in [1.165, 1.54) is 31.2 Å². The molecule has 0 bridgehead atoms. The van der Waals surface area contributed by atoms with Crippen LogP contribution in [0.1, 0.15) is 13.3 Å². The van der Waals surface area contributed by atoms with Gasteiger partial charge in [-0.25, -0.2) is 22.0 Å². The summed E-state index contributed by atoms with van der Waals surface area (Å²) in [4.78, 5) is 0. The van der Waals surface area contributed by atoms with E-state index in [0.717, 1.165) is 0 Å². The Morgan fingerprint density at radius 1 is 0.963 bits per heavy atom. The number of para-hydroxylation sites is 1. The molecule has 0 amide bonds. The Morgan fingerprint density at radius 3 is 1.93 bits per heavy atom. The molecule has 1 saturated carbocycles. The highest BCUT2D eigenvalue weighted by Crippen LogP contribution is 2.69. The normalized spacial score (nSPS) is 44.8. The van der Waals surface area contributed by atoms with Gasteiger partial charge in [-0.15, -0.1) is 0 Å². The molecule has 6 unspecified atom stereocenters. The van der Waals surface area contributed by atoms with Crippen molar-refractivity contribution in [1.29, 1.82) is 0 Å². The van der Waals surface area contributed by atoms with Crippen molar-refractivity contribution in [2.75, 3.05) is 0 Å². The molecule has 0 heterocycles. The van der Waals surface area contributed by atoms with Gasteiger partial charge in [-0.3, -0.25) is 0 Å². The highest BCUT2D eigenvalue weighted by Gasteiger charge is 2.89. The van der Waals surface area contributed by atoms with Gasteiger partial charge in [0.15, 0.2) is 5.60 Å². The van der Waals surface area contributed by atoms with E-state index >= 15 is 22.0 Å². The van der Waals surface area contributed by atoms with E-state index in [9.17, 15) is 0 Å². The second kappa shape index (κ2) is 8.25. The fraction of sp³-hybridized carbons (Fsp3) is 0.571. The van der Waals surface area contributed by atoms with Crippen molar-refractivity contribution in [3.05, 3.63) is 30.3 Å². The summed E-state index contributed by atoms with van der Waals surface area (Å²) in [6, 6.07) is 7.31. The highest BCUT2D eigenvalue weighted by molar-refractivity contribution is 9.48. The summed E-state index contributed by atoms with van der Waals surface area (Å²) in [5.74, 6) is -4.02. The second-order valence-electron chi connectivity index (χ2n) is 5.77. The van der Waals surface area contributed by atoms with Gasteiger partial charge in [0.25, 0.3) is 19.6 Å². The van der Waals surface area contributed by atoms with Crippen molar-refractivity contribution in [1.82, 2.24) is 0 Å². The molecule has 27 heavy (non-hydrogen) atoms. The summed E-state index contributed by atoms with van der Waals surface area (Å²) in [7, 11) is -2.83. The molecule has 1 aliphatic carbocycles. The maximum Gasteiger partial charge on any atom is 0.655 e. The molecule has 0 spiro atoms. The summed E-state index contributed by atoms with van der Waals surface area (Å²) in [6.07, 6.45) is -3.66. The van der Waals surface area contributed by atoms with Crippen LogP contribution in [0.3, 0.4) is 0 Å². The number of hydrogen-bond donors (Lipinski definition) is 0. The zero-order chi connectivity index (χ0) is 20.9. The Labute approximate surface area is 196 Å². The number of halogens is 10. The van der Waals surface area contributed by atoms with Crippen LogP contribution in [0.5, 0.6) is 5.75 Å². The smallest absolute Gasteiger partial charge is 0.479 e. The zero-order valence-corrected chi connectivity index (χ0v) is 22.4. The molecule has 6 atom stereocenters. The molecule has 0 aromatic heterocycles. The lowest BCUT2D eigenvalue weighted by Gasteiger charge is -2.59. The fourth-order valence-electron chi connectivity index (χ4n) is 2.85. The summed E-state index contributed by atoms with van der Waals surface area (Å²) in [5.41, 5.74) is -2.84. The van der Waals surface area contributed by atoms with Crippen LogP contribution in [0.25, 0.3) is 0 Å². The number of ether oxygens (including phenoxy) is 1. The lowest BCUT2D eigenvalue weighted by Crippen LogP contribution is -2.82. The second-order valence-corrected chi connectivity index (χ2v) is 18.5. The number of benzene rings is 1. The van der Waals surface area contributed by atoms with E-state index in [0.29, 0.717) is 0 Å². The molecule has 0 N–H and O–H groups in total. The van der Waals surface area contributed by atoms with Crippen LogP contribution in [-0.2, 0) is 3.79 Å². The minimum Gasteiger partial charge on any atom is -0.479 e. The zero-order valence-electron chi connectivity index (χ0n) is 13.3. The first-order valence-corrected chi connectivity index (χ1v) is 16.6. The predicted octanol–water partition coefficient (Wildman–Crippen LogP) is 7.21. The number of hydrogen-bond acceptors (Lipinski definition) is 2. The molecule has 1 aromatic rings. The van der Waals surface area contributed by atoms with Gasteiger partial charge < -0.3 is 8.53 Å². The maximum atomic E-state index is 15.7. The molecule has 1 aliphatic rings. The standard InChI is InChI=1S/C14H11Br3F5O2.Al.2BrH/c1-2-10(24-8-6-4-3-5-7-8)9(18)11(19,23)13(16,21)14(17,22)12(10,15)20;;;/h3-7,9H,2H2,1H3;;2*1H/q-1;+3;;/p-2. The number of rotatable bonds is 5. The average Bonchev–Trinajstić information content (AvgIpc) is 2.57. The maximum absolute atomic E-state index is 15.7. The van der Waals surface area contributed by atoms with Crippen molar-refractivity contribution in [3.63, 3.8) is 0 Å². The molecule has 1 aromatic carbocycles. The quantitative estimate of drug-likeness (QED) is 0.181. The molecule has 1 fully saturated rings. The van der Waals surface area contributed by atoms with Gasteiger partial charge in [0.2, 0.25) is 6.17 Å². The largest absolute Gasteiger partial charge is 0.655 e. The summed E-state index contributed by atoms with van der Waals surface area (Å²) >= 11 is 12.6. The van der Waals surface area contributed by atoms with Crippen molar-refractivity contribution < 1.29 is 30.5 Å². The van der Waals surface area contributed by atoms with Crippen LogP contribution in [0.2, 0.25) is 0 Å². The van der Waals surface area contributed by atoms with Crippen LogP contribution in [0.4, 0.5) is 22.0 Å². The van der Waals surface area contributed by atoms with Crippen molar-refractivity contribution >= 4 is 86.7 Å². The Balaban J connectivity index is 2.74. The third-order valence-electron chi connectivity index (χ3n) is 4.31. The van der Waals surface area contributed by atoms with Gasteiger partial charge in [0, 0.05) is 0 Å². The van der Waals surface area contributed by atoms with Crippen LogP contribution in [0.15, 0.2) is 30.3 Å². The Morgan fingerprint density at radius 2 is 1.48 bits per heavy atom. The van der Waals surface area contributed by atoms with E-state index in [1.54, 1.807) is 6.07 Å². The molecular formula is C14H11AlBr5F5O2. The fourth-order valence-corrected chi connectivity index (χ4v) is 7.47. The Hall–Kier alpha value is 1.56. The third kappa shape index (κ3) is 3.62. The van der Waals surface area contributed by atoms with E-state index in [-0.39, 0.29) is 5.75 Å². The van der Waals surface area contributed by atoms with Gasteiger partial charge in [-0.1, -0.05) is 25.1 Å². The van der Waals surface area contributed by atoms with Gasteiger partial charge in [-0.2, -0.15) is 28.1 Å². The van der Waals surface area contributed by atoms with Crippen molar-refractivity contribution in [3.8, 4) is 5.75 Å². The first kappa shape index (κ1) is 24.8. The Bertz CT molecular complexity index is 683. The molecule has 2 rings (SSSR count).